The summed E-state index contributed by atoms with van der Waals surface area (Å²) < 4.78 is 9.33. The first-order valence-corrected chi connectivity index (χ1v) is 5.69. The highest BCUT2D eigenvalue weighted by Gasteiger charge is 2.05. The molecule has 0 saturated heterocycles. The molecule has 96 valence electrons. The van der Waals surface area contributed by atoms with E-state index in [2.05, 4.69) is 9.47 Å². The Balaban J connectivity index is 0. The van der Waals surface area contributed by atoms with Crippen molar-refractivity contribution < 1.29 is 19.1 Å². The van der Waals surface area contributed by atoms with Crippen molar-refractivity contribution in [1.82, 2.24) is 0 Å². The van der Waals surface area contributed by atoms with E-state index in [0.29, 0.717) is 13.2 Å². The van der Waals surface area contributed by atoms with E-state index >= 15 is 0 Å². The zero-order chi connectivity index (χ0) is 13.1. The predicted molar refractivity (Wildman–Crippen MR) is 62.9 cm³/mol. The van der Waals surface area contributed by atoms with Gasteiger partial charge in [0, 0.05) is 0 Å². The Morgan fingerprint density at radius 3 is 1.12 bits per heavy atom. The summed E-state index contributed by atoms with van der Waals surface area (Å²) in [5.74, 6) is -0.218. The number of carbonyl (C=O) groups is 2. The van der Waals surface area contributed by atoms with Gasteiger partial charge in [-0.1, -0.05) is 27.7 Å². The van der Waals surface area contributed by atoms with Gasteiger partial charge in [-0.15, -0.1) is 0 Å². The molecule has 0 aromatic carbocycles. The van der Waals surface area contributed by atoms with Crippen molar-refractivity contribution in [3.63, 3.8) is 0 Å². The van der Waals surface area contributed by atoms with E-state index in [0.717, 1.165) is 0 Å². The van der Waals surface area contributed by atoms with Crippen LogP contribution in [0.3, 0.4) is 0 Å². The topological polar surface area (TPSA) is 52.6 Å². The highest BCUT2D eigenvalue weighted by atomic mass is 16.5. The van der Waals surface area contributed by atoms with Gasteiger partial charge in [-0.2, -0.15) is 0 Å². The standard InChI is InChI=1S/2C6H12O2/c2*1-4-8-6(7)5(2)3/h2*5H,4H2,1-3H3. The van der Waals surface area contributed by atoms with Gasteiger partial charge >= 0.3 is 11.9 Å². The largest absolute Gasteiger partial charge is 0.466 e. The maximum Gasteiger partial charge on any atom is 0.308 e. The lowest BCUT2D eigenvalue weighted by Gasteiger charge is -2.01. The first-order valence-electron chi connectivity index (χ1n) is 5.69. The minimum atomic E-state index is -0.118. The van der Waals surface area contributed by atoms with E-state index in [9.17, 15) is 9.59 Å². The SMILES string of the molecule is CCOC(=O)C(C)C.CCOC(=O)C(C)C. The number of carbonyl (C=O) groups excluding carboxylic acids is 2. The Hall–Kier alpha value is -1.06. The average Bonchev–Trinajstić information content (AvgIpc) is 2.19. The maximum atomic E-state index is 10.5. The summed E-state index contributed by atoms with van der Waals surface area (Å²) in [7, 11) is 0. The molecule has 0 atom stereocenters. The first kappa shape index (κ1) is 17.3. The van der Waals surface area contributed by atoms with Gasteiger partial charge in [-0.25, -0.2) is 0 Å². The third-order valence-electron chi connectivity index (χ3n) is 1.52. The molecule has 0 saturated carbocycles. The Morgan fingerprint density at radius 1 is 0.812 bits per heavy atom. The van der Waals surface area contributed by atoms with Gasteiger partial charge in [0.1, 0.15) is 0 Å². The molecule has 0 rings (SSSR count). The zero-order valence-corrected chi connectivity index (χ0v) is 11.2. The highest BCUT2D eigenvalue weighted by Crippen LogP contribution is 1.94. The number of ether oxygens (including phenoxy) is 2. The molecule has 0 aliphatic heterocycles. The first-order chi connectivity index (χ1) is 7.36. The molecule has 0 N–H and O–H groups in total. The van der Waals surface area contributed by atoms with Crippen molar-refractivity contribution in [2.45, 2.75) is 41.5 Å². The minimum Gasteiger partial charge on any atom is -0.466 e. The Kier molecular flexibility index (Phi) is 11.3. The fourth-order valence-corrected chi connectivity index (χ4v) is 0.618. The van der Waals surface area contributed by atoms with Gasteiger partial charge in [-0.3, -0.25) is 9.59 Å². The van der Waals surface area contributed by atoms with Gasteiger partial charge in [0.2, 0.25) is 0 Å². The molecule has 4 nitrogen and oxygen atoms in total. The third-order valence-corrected chi connectivity index (χ3v) is 1.52. The summed E-state index contributed by atoms with van der Waals surface area (Å²) in [6.07, 6.45) is 0. The van der Waals surface area contributed by atoms with Gasteiger partial charge in [-0.05, 0) is 13.8 Å². The van der Waals surface area contributed by atoms with Crippen molar-refractivity contribution in [2.75, 3.05) is 13.2 Å². The van der Waals surface area contributed by atoms with Crippen molar-refractivity contribution in [1.29, 1.82) is 0 Å². The quantitative estimate of drug-likeness (QED) is 0.698. The summed E-state index contributed by atoms with van der Waals surface area (Å²) in [4.78, 5) is 21.0. The Morgan fingerprint density at radius 2 is 1.06 bits per heavy atom. The molecule has 0 aromatic rings. The normalized spacial score (nSPS) is 9.50. The molecule has 0 unspecified atom stereocenters. The second-order valence-electron chi connectivity index (χ2n) is 3.81. The summed E-state index contributed by atoms with van der Waals surface area (Å²) in [5.41, 5.74) is 0. The fraction of sp³-hybridized carbons (Fsp3) is 0.833. The van der Waals surface area contributed by atoms with E-state index in [1.54, 1.807) is 13.8 Å². The number of rotatable bonds is 4. The zero-order valence-electron chi connectivity index (χ0n) is 11.2. The van der Waals surface area contributed by atoms with Crippen molar-refractivity contribution >= 4 is 11.9 Å². The molecule has 0 radical (unpaired) electrons. The molecule has 16 heavy (non-hydrogen) atoms. The molecule has 4 heteroatoms. The van der Waals surface area contributed by atoms with Crippen molar-refractivity contribution in [2.24, 2.45) is 11.8 Å². The summed E-state index contributed by atoms with van der Waals surface area (Å²) in [5, 5.41) is 0. The van der Waals surface area contributed by atoms with Gasteiger partial charge in [0.15, 0.2) is 0 Å². The molecule has 0 heterocycles. The molecule has 0 amide bonds. The smallest absolute Gasteiger partial charge is 0.308 e. The lowest BCUT2D eigenvalue weighted by atomic mass is 10.2. The number of hydrogen-bond donors (Lipinski definition) is 0. The molecular formula is C12H24O4. The van der Waals surface area contributed by atoms with E-state index in [1.807, 2.05) is 27.7 Å². The van der Waals surface area contributed by atoms with E-state index < -0.39 is 0 Å². The molecule has 0 aromatic heterocycles. The molecular weight excluding hydrogens is 208 g/mol. The third kappa shape index (κ3) is 11.0. The van der Waals surface area contributed by atoms with Crippen LogP contribution in [-0.4, -0.2) is 25.2 Å². The van der Waals surface area contributed by atoms with E-state index in [4.69, 9.17) is 0 Å². The van der Waals surface area contributed by atoms with Gasteiger partial charge in [0.25, 0.3) is 0 Å². The second kappa shape index (κ2) is 10.5. The van der Waals surface area contributed by atoms with E-state index in [1.165, 1.54) is 0 Å². The Labute approximate surface area is 98.3 Å². The molecule has 0 bridgehead atoms. The molecule has 0 aliphatic carbocycles. The van der Waals surface area contributed by atoms with Crippen LogP contribution < -0.4 is 0 Å². The summed E-state index contributed by atoms with van der Waals surface area (Å²) >= 11 is 0. The van der Waals surface area contributed by atoms with Crippen LogP contribution in [0.1, 0.15) is 41.5 Å². The summed E-state index contributed by atoms with van der Waals surface area (Å²) in [6, 6.07) is 0. The summed E-state index contributed by atoms with van der Waals surface area (Å²) in [6.45, 7) is 11.8. The van der Waals surface area contributed by atoms with Crippen LogP contribution >= 0.6 is 0 Å². The maximum absolute atomic E-state index is 10.5. The number of esters is 2. The van der Waals surface area contributed by atoms with E-state index in [-0.39, 0.29) is 23.8 Å². The van der Waals surface area contributed by atoms with Crippen LogP contribution in [-0.2, 0) is 19.1 Å². The fourth-order valence-electron chi connectivity index (χ4n) is 0.618. The van der Waals surface area contributed by atoms with Gasteiger partial charge < -0.3 is 9.47 Å². The van der Waals surface area contributed by atoms with Crippen molar-refractivity contribution in [3.8, 4) is 0 Å². The minimum absolute atomic E-state index is 0.00921. The molecule has 0 spiro atoms. The van der Waals surface area contributed by atoms with Crippen LogP contribution in [0, 0.1) is 11.8 Å². The second-order valence-corrected chi connectivity index (χ2v) is 3.81. The Bertz CT molecular complexity index is 175. The highest BCUT2D eigenvalue weighted by molar-refractivity contribution is 5.71. The van der Waals surface area contributed by atoms with Gasteiger partial charge in [0.05, 0.1) is 25.0 Å². The van der Waals surface area contributed by atoms with Crippen LogP contribution in [0.5, 0.6) is 0 Å². The monoisotopic (exact) mass is 232 g/mol. The number of hydrogen-bond acceptors (Lipinski definition) is 4. The lowest BCUT2D eigenvalue weighted by Crippen LogP contribution is -2.10. The lowest BCUT2D eigenvalue weighted by molar-refractivity contribution is -0.147. The molecule has 0 fully saturated rings. The van der Waals surface area contributed by atoms with Crippen LogP contribution in [0.15, 0.2) is 0 Å². The molecule has 0 aliphatic rings. The average molecular weight is 232 g/mol. The predicted octanol–water partition coefficient (Wildman–Crippen LogP) is 2.41. The van der Waals surface area contributed by atoms with Crippen LogP contribution in [0.4, 0.5) is 0 Å². The van der Waals surface area contributed by atoms with Crippen molar-refractivity contribution in [3.05, 3.63) is 0 Å². The van der Waals surface area contributed by atoms with Crippen LogP contribution in [0.25, 0.3) is 0 Å². The van der Waals surface area contributed by atoms with Crippen LogP contribution in [0.2, 0.25) is 0 Å².